The fourth-order valence-electron chi connectivity index (χ4n) is 3.30. The summed E-state index contributed by atoms with van der Waals surface area (Å²) in [6.07, 6.45) is 6.33. The number of hydrogen-bond acceptors (Lipinski definition) is 2. The highest BCUT2D eigenvalue weighted by Crippen LogP contribution is 2.40. The second-order valence-electron chi connectivity index (χ2n) is 5.97. The minimum Gasteiger partial charge on any atom is -0.467 e. The van der Waals surface area contributed by atoms with Crippen molar-refractivity contribution in [1.82, 2.24) is 10.6 Å². The van der Waals surface area contributed by atoms with Gasteiger partial charge in [0.25, 0.3) is 0 Å². The van der Waals surface area contributed by atoms with Crippen LogP contribution in [0, 0.1) is 0 Å². The summed E-state index contributed by atoms with van der Waals surface area (Å²) in [7, 11) is 0. The Hall–Kier alpha value is -2.23. The molecule has 0 bridgehead atoms. The maximum Gasteiger partial charge on any atom is 0.315 e. The van der Waals surface area contributed by atoms with E-state index in [4.69, 9.17) is 4.42 Å². The van der Waals surface area contributed by atoms with Gasteiger partial charge in [0.2, 0.25) is 0 Å². The molecule has 1 aromatic heterocycles. The van der Waals surface area contributed by atoms with Crippen molar-refractivity contribution in [2.45, 2.75) is 37.6 Å². The smallest absolute Gasteiger partial charge is 0.315 e. The van der Waals surface area contributed by atoms with E-state index in [1.165, 1.54) is 18.4 Å². The number of furan rings is 1. The minimum absolute atomic E-state index is 0.0866. The molecule has 2 aromatic rings. The zero-order chi connectivity index (χ0) is 15.3. The Morgan fingerprint density at radius 2 is 1.82 bits per heavy atom. The van der Waals surface area contributed by atoms with E-state index in [1.54, 1.807) is 6.26 Å². The van der Waals surface area contributed by atoms with Crippen LogP contribution in [0.4, 0.5) is 4.79 Å². The standard InChI is InChI=1S/C18H22N2O2/c21-17(19-13-16-9-6-12-22-16)20-14-18(10-4-5-11-18)15-7-2-1-3-8-15/h1-3,6-9,12H,4-5,10-11,13-14H2,(H2,19,20,21). The molecule has 1 heterocycles. The number of nitrogens with one attached hydrogen (secondary N) is 2. The van der Waals surface area contributed by atoms with Gasteiger partial charge in [0.1, 0.15) is 5.76 Å². The summed E-state index contributed by atoms with van der Waals surface area (Å²) < 4.78 is 5.21. The molecule has 4 heteroatoms. The van der Waals surface area contributed by atoms with Crippen LogP contribution in [0.1, 0.15) is 37.0 Å². The zero-order valence-corrected chi connectivity index (χ0v) is 12.7. The van der Waals surface area contributed by atoms with E-state index in [9.17, 15) is 4.79 Å². The van der Waals surface area contributed by atoms with Gasteiger partial charge < -0.3 is 15.1 Å². The average Bonchev–Trinajstić information content (AvgIpc) is 3.24. The third kappa shape index (κ3) is 3.32. The molecule has 0 spiro atoms. The quantitative estimate of drug-likeness (QED) is 0.886. The Labute approximate surface area is 130 Å². The highest BCUT2D eigenvalue weighted by Gasteiger charge is 2.35. The molecular weight excluding hydrogens is 276 g/mol. The van der Waals surface area contributed by atoms with Crippen LogP contribution >= 0.6 is 0 Å². The number of carbonyl (C=O) groups excluding carboxylic acids is 1. The van der Waals surface area contributed by atoms with E-state index < -0.39 is 0 Å². The van der Waals surface area contributed by atoms with Crippen molar-refractivity contribution in [3.8, 4) is 0 Å². The van der Waals surface area contributed by atoms with Gasteiger partial charge in [0, 0.05) is 12.0 Å². The van der Waals surface area contributed by atoms with Crippen molar-refractivity contribution in [2.24, 2.45) is 0 Å². The van der Waals surface area contributed by atoms with Crippen LogP contribution in [0.5, 0.6) is 0 Å². The SMILES string of the molecule is O=C(NCc1ccco1)NCC1(c2ccccc2)CCCC1. The number of benzene rings is 1. The van der Waals surface area contributed by atoms with Crippen LogP contribution < -0.4 is 10.6 Å². The lowest BCUT2D eigenvalue weighted by atomic mass is 9.79. The lowest BCUT2D eigenvalue weighted by molar-refractivity contribution is 0.235. The van der Waals surface area contributed by atoms with Crippen LogP contribution in [0.15, 0.2) is 53.1 Å². The predicted molar refractivity (Wildman–Crippen MR) is 85.5 cm³/mol. The number of amides is 2. The predicted octanol–water partition coefficient (Wildman–Crippen LogP) is 3.59. The van der Waals surface area contributed by atoms with E-state index >= 15 is 0 Å². The summed E-state index contributed by atoms with van der Waals surface area (Å²) in [6, 6.07) is 14.1. The number of urea groups is 1. The molecule has 3 rings (SSSR count). The normalized spacial score (nSPS) is 16.4. The lowest BCUT2D eigenvalue weighted by Crippen LogP contribution is -2.43. The molecule has 4 nitrogen and oxygen atoms in total. The van der Waals surface area contributed by atoms with E-state index in [0.29, 0.717) is 13.1 Å². The van der Waals surface area contributed by atoms with Gasteiger partial charge >= 0.3 is 6.03 Å². The Morgan fingerprint density at radius 1 is 1.05 bits per heavy atom. The van der Waals surface area contributed by atoms with Gasteiger partial charge in [-0.3, -0.25) is 0 Å². The molecule has 22 heavy (non-hydrogen) atoms. The van der Waals surface area contributed by atoms with Crippen LogP contribution in [-0.2, 0) is 12.0 Å². The summed E-state index contributed by atoms with van der Waals surface area (Å²) in [5.74, 6) is 0.758. The molecule has 0 aliphatic heterocycles. The van der Waals surface area contributed by atoms with Gasteiger partial charge in [0.05, 0.1) is 12.8 Å². The van der Waals surface area contributed by atoms with E-state index in [0.717, 1.165) is 18.6 Å². The fraction of sp³-hybridized carbons (Fsp3) is 0.389. The molecule has 116 valence electrons. The summed E-state index contributed by atoms with van der Waals surface area (Å²) in [5, 5.41) is 5.87. The lowest BCUT2D eigenvalue weighted by Gasteiger charge is -2.30. The van der Waals surface area contributed by atoms with Gasteiger partial charge in [-0.05, 0) is 30.5 Å². The number of rotatable bonds is 5. The van der Waals surface area contributed by atoms with Crippen molar-refractivity contribution in [3.05, 3.63) is 60.1 Å². The molecule has 2 N–H and O–H groups in total. The first-order valence-electron chi connectivity index (χ1n) is 7.88. The average molecular weight is 298 g/mol. The first kappa shape index (κ1) is 14.7. The highest BCUT2D eigenvalue weighted by atomic mass is 16.3. The summed E-state index contributed by atoms with van der Waals surface area (Å²) in [5.41, 5.74) is 1.42. The zero-order valence-electron chi connectivity index (χ0n) is 12.7. The Balaban J connectivity index is 1.57. The Kier molecular flexibility index (Phi) is 4.47. The third-order valence-electron chi connectivity index (χ3n) is 4.54. The second kappa shape index (κ2) is 6.69. The molecule has 1 saturated carbocycles. The Morgan fingerprint density at radius 3 is 2.50 bits per heavy atom. The molecule has 0 atom stereocenters. The molecule has 1 fully saturated rings. The van der Waals surface area contributed by atoms with Crippen molar-refractivity contribution >= 4 is 6.03 Å². The van der Waals surface area contributed by atoms with Crippen molar-refractivity contribution in [3.63, 3.8) is 0 Å². The van der Waals surface area contributed by atoms with E-state index in [1.807, 2.05) is 18.2 Å². The van der Waals surface area contributed by atoms with Gasteiger partial charge in [-0.1, -0.05) is 43.2 Å². The molecular formula is C18H22N2O2. The summed E-state index contributed by atoms with van der Waals surface area (Å²) in [4.78, 5) is 12.0. The minimum atomic E-state index is -0.140. The van der Waals surface area contributed by atoms with Crippen LogP contribution in [0.2, 0.25) is 0 Å². The van der Waals surface area contributed by atoms with E-state index in [2.05, 4.69) is 34.9 Å². The summed E-state index contributed by atoms with van der Waals surface area (Å²) in [6.45, 7) is 1.10. The molecule has 1 aliphatic rings. The molecule has 1 aliphatic carbocycles. The van der Waals surface area contributed by atoms with Gasteiger partial charge in [-0.15, -0.1) is 0 Å². The van der Waals surface area contributed by atoms with Gasteiger partial charge in [-0.25, -0.2) is 4.79 Å². The molecule has 0 saturated heterocycles. The first-order valence-corrected chi connectivity index (χ1v) is 7.88. The van der Waals surface area contributed by atoms with Crippen LogP contribution in [-0.4, -0.2) is 12.6 Å². The number of carbonyl (C=O) groups is 1. The third-order valence-corrected chi connectivity index (χ3v) is 4.54. The molecule has 0 radical (unpaired) electrons. The second-order valence-corrected chi connectivity index (χ2v) is 5.97. The van der Waals surface area contributed by atoms with Crippen LogP contribution in [0.3, 0.4) is 0 Å². The molecule has 0 unspecified atom stereocenters. The Bertz CT molecular complexity index is 587. The maximum atomic E-state index is 12.0. The largest absolute Gasteiger partial charge is 0.467 e. The first-order chi connectivity index (χ1) is 10.8. The molecule has 2 amide bonds. The van der Waals surface area contributed by atoms with Gasteiger partial charge in [0.15, 0.2) is 0 Å². The monoisotopic (exact) mass is 298 g/mol. The van der Waals surface area contributed by atoms with Crippen molar-refractivity contribution in [2.75, 3.05) is 6.54 Å². The number of hydrogen-bond donors (Lipinski definition) is 2. The highest BCUT2D eigenvalue weighted by molar-refractivity contribution is 5.73. The molecule has 1 aromatic carbocycles. The van der Waals surface area contributed by atoms with Gasteiger partial charge in [-0.2, -0.15) is 0 Å². The fourth-order valence-corrected chi connectivity index (χ4v) is 3.30. The van der Waals surface area contributed by atoms with Crippen LogP contribution in [0.25, 0.3) is 0 Å². The topological polar surface area (TPSA) is 54.3 Å². The van der Waals surface area contributed by atoms with E-state index in [-0.39, 0.29) is 11.4 Å². The maximum absolute atomic E-state index is 12.0. The van der Waals surface area contributed by atoms with Crippen molar-refractivity contribution < 1.29 is 9.21 Å². The van der Waals surface area contributed by atoms with Crippen molar-refractivity contribution in [1.29, 1.82) is 0 Å². The summed E-state index contributed by atoms with van der Waals surface area (Å²) >= 11 is 0.